The Labute approximate surface area is 157 Å². The second kappa shape index (κ2) is 8.37. The fourth-order valence-corrected chi connectivity index (χ4v) is 2.75. The first-order chi connectivity index (χ1) is 12.3. The number of hydrogen-bond donors (Lipinski definition) is 2. The molecule has 1 amide bonds. The third kappa shape index (κ3) is 4.25. The molecule has 2 aromatic rings. The van der Waals surface area contributed by atoms with Gasteiger partial charge in [0.15, 0.2) is 16.1 Å². The number of carbonyl (C=O) groups excluding carboxylic acids is 1. The number of nitrogens with one attached hydrogen (secondary N) is 1. The molecule has 0 bridgehead atoms. The SMILES string of the molecule is COCCN(C(=O)c1ccc(Br)o1)c1c(N)n(CC(C)C)c(=O)[nH]c1=O. The van der Waals surface area contributed by atoms with E-state index < -0.39 is 17.2 Å². The first-order valence-electron chi connectivity index (χ1n) is 7.95. The average molecular weight is 429 g/mol. The lowest BCUT2D eigenvalue weighted by Crippen LogP contribution is -2.42. The lowest BCUT2D eigenvalue weighted by molar-refractivity contribution is 0.0947. The Balaban J connectivity index is 2.59. The summed E-state index contributed by atoms with van der Waals surface area (Å²) in [5, 5.41) is 0. The van der Waals surface area contributed by atoms with Crippen LogP contribution >= 0.6 is 15.9 Å². The molecule has 0 saturated carbocycles. The van der Waals surface area contributed by atoms with Gasteiger partial charge in [0.1, 0.15) is 5.82 Å². The van der Waals surface area contributed by atoms with Crippen LogP contribution in [0.15, 0.2) is 30.8 Å². The van der Waals surface area contributed by atoms with Crippen molar-refractivity contribution in [3.63, 3.8) is 0 Å². The summed E-state index contributed by atoms with van der Waals surface area (Å²) in [5.74, 6) is -0.520. The van der Waals surface area contributed by atoms with Gasteiger partial charge in [-0.1, -0.05) is 13.8 Å². The smallest absolute Gasteiger partial charge is 0.330 e. The fraction of sp³-hybridized carbons (Fsp3) is 0.438. The van der Waals surface area contributed by atoms with Crippen molar-refractivity contribution in [3.8, 4) is 0 Å². The number of aromatic amines is 1. The number of aromatic nitrogens is 2. The number of ether oxygens (including phenoxy) is 1. The second-order valence-corrected chi connectivity index (χ2v) is 6.83. The summed E-state index contributed by atoms with van der Waals surface area (Å²) >= 11 is 3.14. The van der Waals surface area contributed by atoms with E-state index in [1.165, 1.54) is 17.7 Å². The first kappa shape index (κ1) is 20.0. The molecule has 3 N–H and O–H groups in total. The number of anilines is 2. The van der Waals surface area contributed by atoms with E-state index in [1.54, 1.807) is 6.07 Å². The van der Waals surface area contributed by atoms with Gasteiger partial charge in [-0.25, -0.2) is 4.79 Å². The maximum Gasteiger partial charge on any atom is 0.330 e. The van der Waals surface area contributed by atoms with Crippen LogP contribution in [0.5, 0.6) is 0 Å². The van der Waals surface area contributed by atoms with Crippen molar-refractivity contribution in [1.82, 2.24) is 9.55 Å². The highest BCUT2D eigenvalue weighted by Gasteiger charge is 2.27. The molecule has 2 rings (SSSR count). The van der Waals surface area contributed by atoms with Crippen LogP contribution in [0.2, 0.25) is 0 Å². The number of H-pyrrole nitrogens is 1. The number of furan rings is 1. The van der Waals surface area contributed by atoms with Gasteiger partial charge < -0.3 is 14.9 Å². The summed E-state index contributed by atoms with van der Waals surface area (Å²) in [5.41, 5.74) is 4.62. The van der Waals surface area contributed by atoms with Crippen LogP contribution < -0.4 is 21.9 Å². The van der Waals surface area contributed by atoms with Crippen LogP contribution in [0.1, 0.15) is 24.4 Å². The molecule has 0 aromatic carbocycles. The topological polar surface area (TPSA) is 124 Å². The van der Waals surface area contributed by atoms with E-state index in [1.807, 2.05) is 13.8 Å². The van der Waals surface area contributed by atoms with Crippen molar-refractivity contribution in [2.24, 2.45) is 5.92 Å². The molecule has 0 aliphatic heterocycles. The largest absolute Gasteiger partial charge is 0.444 e. The molecule has 26 heavy (non-hydrogen) atoms. The summed E-state index contributed by atoms with van der Waals surface area (Å²) < 4.78 is 11.9. The zero-order chi connectivity index (χ0) is 19.4. The maximum absolute atomic E-state index is 12.8. The van der Waals surface area contributed by atoms with Crippen molar-refractivity contribution in [1.29, 1.82) is 0 Å². The van der Waals surface area contributed by atoms with Crippen LogP contribution in [-0.2, 0) is 11.3 Å². The van der Waals surface area contributed by atoms with Crippen molar-refractivity contribution in [2.45, 2.75) is 20.4 Å². The van der Waals surface area contributed by atoms with Gasteiger partial charge in [-0.15, -0.1) is 0 Å². The fourth-order valence-electron chi connectivity index (χ4n) is 2.44. The van der Waals surface area contributed by atoms with E-state index >= 15 is 0 Å². The van der Waals surface area contributed by atoms with Crippen molar-refractivity contribution in [2.75, 3.05) is 30.9 Å². The van der Waals surface area contributed by atoms with Gasteiger partial charge in [-0.05, 0) is 34.0 Å². The predicted molar refractivity (Wildman–Crippen MR) is 101 cm³/mol. The molecule has 0 unspecified atom stereocenters. The second-order valence-electron chi connectivity index (χ2n) is 6.05. The van der Waals surface area contributed by atoms with E-state index in [0.29, 0.717) is 11.2 Å². The molecular formula is C16H21BrN4O5. The minimum absolute atomic E-state index is 0.0217. The lowest BCUT2D eigenvalue weighted by atomic mass is 10.2. The minimum atomic E-state index is -0.748. The Morgan fingerprint density at radius 2 is 2.12 bits per heavy atom. The van der Waals surface area contributed by atoms with E-state index in [2.05, 4.69) is 20.9 Å². The Morgan fingerprint density at radius 3 is 2.65 bits per heavy atom. The van der Waals surface area contributed by atoms with Gasteiger partial charge in [-0.3, -0.25) is 24.0 Å². The standard InChI is InChI=1S/C16H21BrN4O5/c1-9(2)8-21-13(18)12(14(22)19-16(21)24)20(6-7-25-3)15(23)10-4-5-11(17)26-10/h4-5,9H,6-8,18H2,1-3H3,(H,19,22,24). The maximum atomic E-state index is 12.8. The summed E-state index contributed by atoms with van der Waals surface area (Å²) in [6, 6.07) is 3.04. The molecule has 0 aliphatic carbocycles. The number of carbonyl (C=O) groups is 1. The van der Waals surface area contributed by atoms with Crippen molar-refractivity contribution >= 4 is 33.3 Å². The third-order valence-electron chi connectivity index (χ3n) is 3.58. The highest BCUT2D eigenvalue weighted by molar-refractivity contribution is 9.10. The average Bonchev–Trinajstić information content (AvgIpc) is 3.00. The number of rotatable bonds is 7. The molecule has 2 aromatic heterocycles. The van der Waals surface area contributed by atoms with Gasteiger partial charge in [0.05, 0.1) is 13.2 Å². The van der Waals surface area contributed by atoms with E-state index in [-0.39, 0.29) is 36.3 Å². The van der Waals surface area contributed by atoms with Crippen LogP contribution in [0.3, 0.4) is 0 Å². The number of nitrogens with two attached hydrogens (primary N) is 1. The number of hydrogen-bond acceptors (Lipinski definition) is 6. The molecule has 10 heteroatoms. The van der Waals surface area contributed by atoms with Crippen LogP contribution in [0, 0.1) is 5.92 Å². The molecule has 0 fully saturated rings. The lowest BCUT2D eigenvalue weighted by Gasteiger charge is -2.23. The molecule has 0 spiro atoms. The molecular weight excluding hydrogens is 408 g/mol. The highest BCUT2D eigenvalue weighted by atomic mass is 79.9. The number of nitrogens with zero attached hydrogens (tertiary/aromatic N) is 2. The number of nitrogen functional groups attached to an aromatic ring is 1. The van der Waals surface area contributed by atoms with Gasteiger partial charge in [0.25, 0.3) is 11.5 Å². The molecule has 2 heterocycles. The Bertz CT molecular complexity index is 899. The highest BCUT2D eigenvalue weighted by Crippen LogP contribution is 2.22. The number of amides is 1. The summed E-state index contributed by atoms with van der Waals surface area (Å²) in [6.07, 6.45) is 0. The molecule has 0 radical (unpaired) electrons. The molecule has 9 nitrogen and oxygen atoms in total. The van der Waals surface area contributed by atoms with Crippen LogP contribution in [0.4, 0.5) is 11.5 Å². The molecule has 0 saturated heterocycles. The minimum Gasteiger partial charge on any atom is -0.444 e. The van der Waals surface area contributed by atoms with Crippen molar-refractivity contribution < 1.29 is 13.9 Å². The molecule has 142 valence electrons. The quantitative estimate of drug-likeness (QED) is 0.686. The van der Waals surface area contributed by atoms with Gasteiger partial charge in [-0.2, -0.15) is 0 Å². The van der Waals surface area contributed by atoms with Gasteiger partial charge in [0, 0.05) is 13.7 Å². The van der Waals surface area contributed by atoms with E-state index in [0.717, 1.165) is 4.90 Å². The number of halogens is 1. The number of methoxy groups -OCH3 is 1. The van der Waals surface area contributed by atoms with Gasteiger partial charge in [0.2, 0.25) is 0 Å². The predicted octanol–water partition coefficient (Wildman–Crippen LogP) is 1.42. The monoisotopic (exact) mass is 428 g/mol. The van der Waals surface area contributed by atoms with Crippen molar-refractivity contribution in [3.05, 3.63) is 43.4 Å². The van der Waals surface area contributed by atoms with Gasteiger partial charge >= 0.3 is 5.69 Å². The Morgan fingerprint density at radius 1 is 1.42 bits per heavy atom. The zero-order valence-electron chi connectivity index (χ0n) is 14.7. The van der Waals surface area contributed by atoms with Crippen LogP contribution in [0.25, 0.3) is 0 Å². The summed E-state index contributed by atoms with van der Waals surface area (Å²) in [4.78, 5) is 40.7. The molecule has 0 atom stereocenters. The zero-order valence-corrected chi connectivity index (χ0v) is 16.3. The van der Waals surface area contributed by atoms with E-state index in [9.17, 15) is 14.4 Å². The Hall–Kier alpha value is -2.33. The first-order valence-corrected chi connectivity index (χ1v) is 8.74. The van der Waals surface area contributed by atoms with E-state index in [4.69, 9.17) is 14.9 Å². The molecule has 0 aliphatic rings. The summed E-state index contributed by atoms with van der Waals surface area (Å²) in [6.45, 7) is 4.33. The normalized spacial score (nSPS) is 11.1. The Kier molecular flexibility index (Phi) is 6.43. The summed E-state index contributed by atoms with van der Waals surface area (Å²) in [7, 11) is 1.47. The van der Waals surface area contributed by atoms with Crippen LogP contribution in [-0.4, -0.2) is 35.7 Å². The third-order valence-corrected chi connectivity index (χ3v) is 4.01.